The van der Waals surface area contributed by atoms with Gasteiger partial charge in [0.05, 0.1) is 0 Å². The van der Waals surface area contributed by atoms with Gasteiger partial charge in [0.1, 0.15) is 12.1 Å². The molecule has 1 heterocycles. The average molecular weight is 266 g/mol. The molecule has 2 fully saturated rings. The Balaban J connectivity index is 2.17. The maximum atomic E-state index is 12.4. The zero-order valence-corrected chi connectivity index (χ0v) is 12.3. The highest BCUT2D eigenvalue weighted by atomic mass is 16.2. The van der Waals surface area contributed by atoms with Crippen molar-refractivity contribution in [3.05, 3.63) is 0 Å². The molecule has 2 rings (SSSR count). The van der Waals surface area contributed by atoms with E-state index in [1.54, 1.807) is 6.92 Å². The lowest BCUT2D eigenvalue weighted by molar-refractivity contribution is -0.153. The van der Waals surface area contributed by atoms with E-state index in [4.69, 9.17) is 0 Å². The van der Waals surface area contributed by atoms with Crippen molar-refractivity contribution in [1.82, 2.24) is 10.2 Å². The molecule has 2 aliphatic rings. The zero-order chi connectivity index (χ0) is 14.0. The van der Waals surface area contributed by atoms with Gasteiger partial charge in [0.25, 0.3) is 0 Å². The number of amides is 2. The molecule has 0 aromatic heterocycles. The zero-order valence-electron chi connectivity index (χ0n) is 12.3. The molecule has 1 saturated carbocycles. The van der Waals surface area contributed by atoms with E-state index in [0.29, 0.717) is 12.3 Å². The third kappa shape index (κ3) is 2.77. The Bertz CT molecular complexity index is 356. The molecule has 4 heteroatoms. The summed E-state index contributed by atoms with van der Waals surface area (Å²) in [7, 11) is 0. The number of carbonyl (C=O) groups is 2. The fraction of sp³-hybridized carbons (Fsp3) is 0.867. The van der Waals surface area contributed by atoms with Gasteiger partial charge >= 0.3 is 0 Å². The molecule has 1 aliphatic heterocycles. The predicted octanol–water partition coefficient (Wildman–Crippen LogP) is 2.08. The second kappa shape index (κ2) is 5.93. The van der Waals surface area contributed by atoms with Crippen LogP contribution in [0.15, 0.2) is 0 Å². The third-order valence-electron chi connectivity index (χ3n) is 4.73. The van der Waals surface area contributed by atoms with Gasteiger partial charge in [-0.15, -0.1) is 0 Å². The Morgan fingerprint density at radius 1 is 1.21 bits per heavy atom. The molecule has 0 spiro atoms. The van der Waals surface area contributed by atoms with Crippen LogP contribution in [0.1, 0.15) is 59.3 Å². The third-order valence-corrected chi connectivity index (χ3v) is 4.73. The van der Waals surface area contributed by atoms with Crippen molar-refractivity contribution in [3.8, 4) is 0 Å². The monoisotopic (exact) mass is 266 g/mol. The van der Waals surface area contributed by atoms with E-state index in [0.717, 1.165) is 12.8 Å². The molecule has 0 aromatic rings. The van der Waals surface area contributed by atoms with Gasteiger partial charge in [0, 0.05) is 6.04 Å². The quantitative estimate of drug-likeness (QED) is 0.850. The van der Waals surface area contributed by atoms with Crippen molar-refractivity contribution < 1.29 is 9.59 Å². The van der Waals surface area contributed by atoms with E-state index in [1.165, 1.54) is 19.3 Å². The van der Waals surface area contributed by atoms with E-state index in [1.807, 2.05) is 11.8 Å². The molecule has 1 saturated heterocycles. The minimum Gasteiger partial charge on any atom is -0.343 e. The van der Waals surface area contributed by atoms with E-state index < -0.39 is 0 Å². The predicted molar refractivity (Wildman–Crippen MR) is 74.6 cm³/mol. The summed E-state index contributed by atoms with van der Waals surface area (Å²) in [5.41, 5.74) is 0. The maximum absolute atomic E-state index is 12.4. The highest BCUT2D eigenvalue weighted by molar-refractivity contribution is 5.96. The van der Waals surface area contributed by atoms with Crippen molar-refractivity contribution in [3.63, 3.8) is 0 Å². The fourth-order valence-corrected chi connectivity index (χ4v) is 3.58. The molecule has 1 aliphatic carbocycles. The van der Waals surface area contributed by atoms with Crippen LogP contribution in [-0.4, -0.2) is 34.8 Å². The molecule has 4 atom stereocenters. The highest BCUT2D eigenvalue weighted by Gasteiger charge is 2.42. The molecule has 0 aromatic carbocycles. The summed E-state index contributed by atoms with van der Waals surface area (Å²) in [6.07, 6.45) is 6.46. The Labute approximate surface area is 115 Å². The number of hydrogen-bond donors (Lipinski definition) is 1. The lowest BCUT2D eigenvalue weighted by Crippen LogP contribution is -2.65. The van der Waals surface area contributed by atoms with Crippen LogP contribution in [0.5, 0.6) is 0 Å². The molecule has 0 radical (unpaired) electrons. The first kappa shape index (κ1) is 14.4. The van der Waals surface area contributed by atoms with Crippen LogP contribution < -0.4 is 5.32 Å². The smallest absolute Gasteiger partial charge is 0.245 e. The second-order valence-corrected chi connectivity index (χ2v) is 5.99. The Kier molecular flexibility index (Phi) is 4.48. The van der Waals surface area contributed by atoms with Gasteiger partial charge in [-0.25, -0.2) is 0 Å². The van der Waals surface area contributed by atoms with Crippen LogP contribution in [0.25, 0.3) is 0 Å². The van der Waals surface area contributed by atoms with E-state index >= 15 is 0 Å². The fourth-order valence-electron chi connectivity index (χ4n) is 3.58. The van der Waals surface area contributed by atoms with Crippen LogP contribution in [0.3, 0.4) is 0 Å². The molecule has 0 bridgehead atoms. The summed E-state index contributed by atoms with van der Waals surface area (Å²) in [6.45, 7) is 6.00. The first-order chi connectivity index (χ1) is 9.08. The Morgan fingerprint density at radius 3 is 2.58 bits per heavy atom. The topological polar surface area (TPSA) is 49.4 Å². The number of hydrogen-bond acceptors (Lipinski definition) is 2. The summed E-state index contributed by atoms with van der Waals surface area (Å²) < 4.78 is 0. The van der Waals surface area contributed by atoms with Crippen LogP contribution in [0.4, 0.5) is 0 Å². The summed E-state index contributed by atoms with van der Waals surface area (Å²) in [4.78, 5) is 26.4. The molecule has 19 heavy (non-hydrogen) atoms. The van der Waals surface area contributed by atoms with Gasteiger partial charge in [-0.3, -0.25) is 9.59 Å². The number of piperazine rings is 1. The minimum atomic E-state index is -0.364. The lowest BCUT2D eigenvalue weighted by Gasteiger charge is -2.45. The summed E-state index contributed by atoms with van der Waals surface area (Å²) in [6, 6.07) is -0.355. The number of carbonyl (C=O) groups excluding carboxylic acids is 2. The van der Waals surface area contributed by atoms with Crippen molar-refractivity contribution >= 4 is 11.8 Å². The molecule has 2 amide bonds. The number of nitrogens with one attached hydrogen (secondary N) is 1. The molecule has 4 nitrogen and oxygen atoms in total. The highest BCUT2D eigenvalue weighted by Crippen LogP contribution is 2.32. The first-order valence-corrected chi connectivity index (χ1v) is 7.71. The summed E-state index contributed by atoms with van der Waals surface area (Å²) >= 11 is 0. The van der Waals surface area contributed by atoms with Crippen molar-refractivity contribution in [1.29, 1.82) is 0 Å². The minimum absolute atomic E-state index is 0.0215. The van der Waals surface area contributed by atoms with Crippen LogP contribution >= 0.6 is 0 Å². The molecule has 1 N–H and O–H groups in total. The SMILES string of the molecule is CCC1CCCC(N2C(=O)C(C)NC(=O)C2CC)C1. The average Bonchev–Trinajstić information content (AvgIpc) is 2.42. The van der Waals surface area contributed by atoms with Gasteiger partial charge in [0.2, 0.25) is 11.8 Å². The molecule has 108 valence electrons. The first-order valence-electron chi connectivity index (χ1n) is 7.71. The van der Waals surface area contributed by atoms with Crippen LogP contribution in [-0.2, 0) is 9.59 Å². The van der Waals surface area contributed by atoms with Crippen molar-refractivity contribution in [2.24, 2.45) is 5.92 Å². The van der Waals surface area contributed by atoms with Crippen LogP contribution in [0, 0.1) is 5.92 Å². The number of nitrogens with zero attached hydrogens (tertiary/aromatic N) is 1. The van der Waals surface area contributed by atoms with Gasteiger partial charge < -0.3 is 10.2 Å². The summed E-state index contributed by atoms with van der Waals surface area (Å²) in [5, 5.41) is 2.79. The van der Waals surface area contributed by atoms with Crippen molar-refractivity contribution in [2.75, 3.05) is 0 Å². The standard InChI is InChI=1S/C15H26N2O2/c1-4-11-7-6-8-12(9-11)17-13(5-2)14(18)16-10(3)15(17)19/h10-13H,4-9H2,1-3H3,(H,16,18). The molecular weight excluding hydrogens is 240 g/mol. The Morgan fingerprint density at radius 2 is 1.95 bits per heavy atom. The Hall–Kier alpha value is -1.06. The maximum Gasteiger partial charge on any atom is 0.245 e. The molecule has 4 unspecified atom stereocenters. The molecular formula is C15H26N2O2. The lowest BCUT2D eigenvalue weighted by atomic mass is 9.82. The van der Waals surface area contributed by atoms with E-state index in [2.05, 4.69) is 12.2 Å². The van der Waals surface area contributed by atoms with E-state index in [-0.39, 0.29) is 29.9 Å². The van der Waals surface area contributed by atoms with Gasteiger partial charge in [-0.2, -0.15) is 0 Å². The van der Waals surface area contributed by atoms with Gasteiger partial charge in [-0.05, 0) is 32.1 Å². The normalized spacial score (nSPS) is 36.3. The van der Waals surface area contributed by atoms with Crippen molar-refractivity contribution in [2.45, 2.75) is 77.4 Å². The van der Waals surface area contributed by atoms with Gasteiger partial charge in [-0.1, -0.05) is 33.1 Å². The van der Waals surface area contributed by atoms with E-state index in [9.17, 15) is 9.59 Å². The van der Waals surface area contributed by atoms with Gasteiger partial charge in [0.15, 0.2) is 0 Å². The second-order valence-electron chi connectivity index (χ2n) is 5.99. The van der Waals surface area contributed by atoms with Crippen LogP contribution in [0.2, 0.25) is 0 Å². The number of rotatable bonds is 3. The largest absolute Gasteiger partial charge is 0.343 e. The summed E-state index contributed by atoms with van der Waals surface area (Å²) in [5.74, 6) is 0.839.